The molecule has 0 fully saturated rings. The third-order valence-corrected chi connectivity index (χ3v) is 0.758. The lowest BCUT2D eigenvalue weighted by molar-refractivity contribution is -0.190. The molecule has 0 aliphatic rings. The number of hydrogen-bond acceptors (Lipinski definition) is 3. The van der Waals surface area contributed by atoms with Gasteiger partial charge in [-0.25, -0.2) is 4.79 Å². The number of nitrogens with one attached hydrogen (secondary N) is 1. The van der Waals surface area contributed by atoms with Crippen LogP contribution in [0.1, 0.15) is 0 Å². The van der Waals surface area contributed by atoms with Gasteiger partial charge in [0.25, 0.3) is 0 Å². The van der Waals surface area contributed by atoms with Crippen molar-refractivity contribution in [2.24, 2.45) is 0 Å². The van der Waals surface area contributed by atoms with Gasteiger partial charge in [0.15, 0.2) is 13.2 Å². The lowest BCUT2D eigenvalue weighted by Crippen LogP contribution is -2.32. The molecule has 90 valence electrons. The van der Waals surface area contributed by atoms with Crippen molar-refractivity contribution < 1.29 is 40.7 Å². The van der Waals surface area contributed by atoms with Crippen molar-refractivity contribution in [1.82, 2.24) is 5.48 Å². The number of carbonyl (C=O) groups excluding carboxylic acids is 1. The van der Waals surface area contributed by atoms with E-state index in [9.17, 15) is 31.1 Å². The molecule has 1 N–H and O–H groups in total. The van der Waals surface area contributed by atoms with Gasteiger partial charge in [-0.15, -0.1) is 0 Å². The molecule has 0 atom stereocenters. The lowest BCUT2D eigenvalue weighted by Gasteiger charge is -2.10. The first-order valence-corrected chi connectivity index (χ1v) is 3.28. The highest BCUT2D eigenvalue weighted by Crippen LogP contribution is 2.15. The second-order valence-electron chi connectivity index (χ2n) is 2.20. The van der Waals surface area contributed by atoms with Crippen LogP contribution in [0.5, 0.6) is 0 Å². The highest BCUT2D eigenvalue weighted by molar-refractivity contribution is 5.65. The quantitative estimate of drug-likeness (QED) is 0.605. The van der Waals surface area contributed by atoms with Crippen LogP contribution in [0.2, 0.25) is 0 Å². The van der Waals surface area contributed by atoms with Gasteiger partial charge in [0.2, 0.25) is 0 Å². The maximum atomic E-state index is 11.4. The van der Waals surface area contributed by atoms with Crippen molar-refractivity contribution in [1.29, 1.82) is 0 Å². The Morgan fingerprint density at radius 1 is 1.00 bits per heavy atom. The maximum absolute atomic E-state index is 11.4. The molecular formula is C5H5F6NO3. The first kappa shape index (κ1) is 13.8. The van der Waals surface area contributed by atoms with Gasteiger partial charge in [-0.1, -0.05) is 0 Å². The average Bonchev–Trinajstić information content (AvgIpc) is 1.97. The molecule has 0 aromatic heterocycles. The molecule has 0 rings (SSSR count). The summed E-state index contributed by atoms with van der Waals surface area (Å²) in [6.45, 7) is -3.73. The van der Waals surface area contributed by atoms with Crippen molar-refractivity contribution in [3.63, 3.8) is 0 Å². The number of hydrogen-bond donors (Lipinski definition) is 1. The predicted molar refractivity (Wildman–Crippen MR) is 32.5 cm³/mol. The number of amides is 1. The Morgan fingerprint density at radius 3 is 1.87 bits per heavy atom. The summed E-state index contributed by atoms with van der Waals surface area (Å²) >= 11 is 0. The van der Waals surface area contributed by atoms with Crippen molar-refractivity contribution in [3.8, 4) is 0 Å². The molecule has 15 heavy (non-hydrogen) atoms. The first-order valence-electron chi connectivity index (χ1n) is 3.28. The first-order chi connectivity index (χ1) is 6.60. The lowest BCUT2D eigenvalue weighted by atomic mass is 10.7. The van der Waals surface area contributed by atoms with E-state index in [0.717, 1.165) is 5.48 Å². The Hall–Kier alpha value is -1.19. The number of carbonyl (C=O) groups is 1. The van der Waals surface area contributed by atoms with Crippen molar-refractivity contribution in [2.45, 2.75) is 12.4 Å². The second-order valence-corrected chi connectivity index (χ2v) is 2.20. The van der Waals surface area contributed by atoms with E-state index in [1.54, 1.807) is 0 Å². The zero-order chi connectivity index (χ0) is 12.1. The van der Waals surface area contributed by atoms with Gasteiger partial charge < -0.3 is 4.74 Å². The summed E-state index contributed by atoms with van der Waals surface area (Å²) in [5.41, 5.74) is 1.03. The molecule has 0 aromatic rings. The summed E-state index contributed by atoms with van der Waals surface area (Å²) in [6, 6.07) is 0. The third kappa shape index (κ3) is 10.7. The zero-order valence-electron chi connectivity index (χ0n) is 6.91. The second kappa shape index (κ2) is 5.05. The average molecular weight is 241 g/mol. The molecule has 0 radical (unpaired) electrons. The summed E-state index contributed by atoms with van der Waals surface area (Å²) in [5, 5.41) is 0. The minimum Gasteiger partial charge on any atom is -0.438 e. The van der Waals surface area contributed by atoms with Gasteiger partial charge in [0.05, 0.1) is 0 Å². The number of alkyl halides is 6. The monoisotopic (exact) mass is 241 g/mol. The van der Waals surface area contributed by atoms with E-state index in [4.69, 9.17) is 0 Å². The van der Waals surface area contributed by atoms with E-state index in [1.807, 2.05) is 0 Å². The normalized spacial score (nSPS) is 12.4. The molecule has 4 nitrogen and oxygen atoms in total. The molecule has 0 heterocycles. The Kier molecular flexibility index (Phi) is 4.65. The molecule has 1 amide bonds. The highest BCUT2D eigenvalue weighted by atomic mass is 19.4. The van der Waals surface area contributed by atoms with Crippen molar-refractivity contribution in [3.05, 3.63) is 0 Å². The van der Waals surface area contributed by atoms with Gasteiger partial charge >= 0.3 is 18.4 Å². The van der Waals surface area contributed by atoms with Gasteiger partial charge in [0.1, 0.15) is 0 Å². The largest absolute Gasteiger partial charge is 0.438 e. The minimum atomic E-state index is -4.75. The van der Waals surface area contributed by atoms with E-state index >= 15 is 0 Å². The summed E-state index contributed by atoms with van der Waals surface area (Å²) in [7, 11) is 0. The van der Waals surface area contributed by atoms with E-state index in [0.29, 0.717) is 0 Å². The molecule has 0 unspecified atom stereocenters. The van der Waals surface area contributed by atoms with E-state index in [-0.39, 0.29) is 0 Å². The molecule has 0 saturated carbocycles. The Balaban J connectivity index is 3.60. The standard InChI is InChI=1S/C5H5F6NO3/c6-4(7,8)1-14-3(13)12-15-2-5(9,10)11/h1-2H2,(H,12,13). The number of rotatable bonds is 3. The summed E-state index contributed by atoms with van der Waals surface area (Å²) in [5.74, 6) is 0. The van der Waals surface area contributed by atoms with Gasteiger partial charge in [-0.05, 0) is 0 Å². The van der Waals surface area contributed by atoms with E-state index < -0.39 is 31.7 Å². The fourth-order valence-corrected chi connectivity index (χ4v) is 0.354. The number of halogens is 6. The van der Waals surface area contributed by atoms with E-state index in [2.05, 4.69) is 9.57 Å². The van der Waals surface area contributed by atoms with Crippen LogP contribution in [0.25, 0.3) is 0 Å². The molecule has 10 heteroatoms. The molecule has 0 aliphatic carbocycles. The molecule has 0 aromatic carbocycles. The van der Waals surface area contributed by atoms with Crippen LogP contribution in [0, 0.1) is 0 Å². The topological polar surface area (TPSA) is 47.6 Å². The summed E-state index contributed by atoms with van der Waals surface area (Å²) in [6.07, 6.45) is -11.2. The SMILES string of the molecule is O=C(NOCC(F)(F)F)OCC(F)(F)F. The van der Waals surface area contributed by atoms with Crippen LogP contribution >= 0.6 is 0 Å². The molecule has 0 saturated heterocycles. The van der Waals surface area contributed by atoms with Gasteiger partial charge in [-0.3, -0.25) is 4.84 Å². The molecule has 0 bridgehead atoms. The predicted octanol–water partition coefficient (Wildman–Crippen LogP) is 1.77. The molecule has 0 aliphatic heterocycles. The van der Waals surface area contributed by atoms with Crippen LogP contribution in [0.4, 0.5) is 31.1 Å². The summed E-state index contributed by atoms with van der Waals surface area (Å²) in [4.78, 5) is 13.8. The Labute approximate surface area is 79.1 Å². The summed E-state index contributed by atoms with van der Waals surface area (Å²) < 4.78 is 71.8. The van der Waals surface area contributed by atoms with Crippen molar-refractivity contribution >= 4 is 6.09 Å². The van der Waals surface area contributed by atoms with Crippen LogP contribution in [0.3, 0.4) is 0 Å². The van der Waals surface area contributed by atoms with Crippen LogP contribution in [0.15, 0.2) is 0 Å². The van der Waals surface area contributed by atoms with Crippen LogP contribution in [-0.4, -0.2) is 31.7 Å². The van der Waals surface area contributed by atoms with E-state index in [1.165, 1.54) is 0 Å². The fourth-order valence-electron chi connectivity index (χ4n) is 0.354. The highest BCUT2D eigenvalue weighted by Gasteiger charge is 2.31. The van der Waals surface area contributed by atoms with Gasteiger partial charge in [-0.2, -0.15) is 31.8 Å². The number of ether oxygens (including phenoxy) is 1. The molecule has 0 spiro atoms. The maximum Gasteiger partial charge on any atom is 0.431 e. The van der Waals surface area contributed by atoms with Crippen molar-refractivity contribution in [2.75, 3.05) is 13.2 Å². The number of hydroxylamine groups is 1. The Bertz CT molecular complexity index is 212. The minimum absolute atomic E-state index is 1.03. The smallest absolute Gasteiger partial charge is 0.431 e. The van der Waals surface area contributed by atoms with Crippen LogP contribution < -0.4 is 5.48 Å². The zero-order valence-corrected chi connectivity index (χ0v) is 6.91. The Morgan fingerprint density at radius 2 is 1.47 bits per heavy atom. The van der Waals surface area contributed by atoms with Crippen LogP contribution in [-0.2, 0) is 9.57 Å². The fraction of sp³-hybridized carbons (Fsp3) is 0.800. The third-order valence-electron chi connectivity index (χ3n) is 0.758. The molecular weight excluding hydrogens is 236 g/mol. The van der Waals surface area contributed by atoms with Gasteiger partial charge in [0, 0.05) is 0 Å².